The van der Waals surface area contributed by atoms with Gasteiger partial charge in [0.25, 0.3) is 11.8 Å². The standard InChI is InChI=1S/C62H38N4O2/c67-61-52-24-15-29-57(60(52)62(68)65(61)45-35-41(39-16-3-1-4-17-39)34-42(36-45)40-18-5-2-6-19-40)66-58-37-43(63-53-25-11-7-20-46(53)47-21-8-12-26-54(47)63)30-32-50(58)51-33-31-44(38-59(51)66)64-55-27-13-9-22-48(55)49-23-10-14-28-56(49)64/h1-38H. The number of nitrogens with zero attached hydrogens (tertiary/aromatic N) is 4. The van der Waals surface area contributed by atoms with E-state index >= 15 is 4.79 Å². The Kier molecular flexibility index (Phi) is 8.18. The van der Waals surface area contributed by atoms with Crippen LogP contribution in [-0.2, 0) is 0 Å². The van der Waals surface area contributed by atoms with E-state index in [0.29, 0.717) is 22.5 Å². The molecular weight excluding hydrogens is 833 g/mol. The van der Waals surface area contributed by atoms with Crippen molar-refractivity contribution in [2.75, 3.05) is 4.90 Å². The van der Waals surface area contributed by atoms with Gasteiger partial charge in [0.15, 0.2) is 0 Å². The second-order valence-electron chi connectivity index (χ2n) is 17.6. The highest BCUT2D eigenvalue weighted by Crippen LogP contribution is 2.43. The summed E-state index contributed by atoms with van der Waals surface area (Å²) < 4.78 is 6.86. The summed E-state index contributed by atoms with van der Waals surface area (Å²) in [7, 11) is 0. The molecule has 0 fully saturated rings. The summed E-state index contributed by atoms with van der Waals surface area (Å²) in [6, 6.07) is 79.3. The van der Waals surface area contributed by atoms with Gasteiger partial charge in [-0.05, 0) is 101 Å². The van der Waals surface area contributed by atoms with Gasteiger partial charge in [0, 0.05) is 43.7 Å². The number of para-hydroxylation sites is 4. The van der Waals surface area contributed by atoms with Crippen molar-refractivity contribution in [1.29, 1.82) is 0 Å². The van der Waals surface area contributed by atoms with E-state index in [-0.39, 0.29) is 11.8 Å². The van der Waals surface area contributed by atoms with Gasteiger partial charge in [-0.3, -0.25) is 9.59 Å². The molecule has 4 heterocycles. The van der Waals surface area contributed by atoms with Crippen LogP contribution in [0, 0.1) is 0 Å². The normalized spacial score (nSPS) is 12.7. The number of hydrogen-bond donors (Lipinski definition) is 0. The number of amides is 2. The van der Waals surface area contributed by atoms with Crippen LogP contribution in [0.1, 0.15) is 20.7 Å². The van der Waals surface area contributed by atoms with Gasteiger partial charge >= 0.3 is 0 Å². The lowest BCUT2D eigenvalue weighted by Gasteiger charge is -2.18. The fraction of sp³-hybridized carbons (Fsp3) is 0. The van der Waals surface area contributed by atoms with Crippen LogP contribution in [0.4, 0.5) is 5.69 Å². The number of anilines is 1. The Morgan fingerprint density at radius 2 is 0.676 bits per heavy atom. The molecule has 0 bridgehead atoms. The zero-order valence-corrected chi connectivity index (χ0v) is 36.5. The van der Waals surface area contributed by atoms with E-state index in [1.807, 2.05) is 60.7 Å². The third-order valence-corrected chi connectivity index (χ3v) is 13.9. The van der Waals surface area contributed by atoms with E-state index in [9.17, 15) is 4.79 Å². The molecule has 0 radical (unpaired) electrons. The van der Waals surface area contributed by atoms with Crippen LogP contribution in [0.3, 0.4) is 0 Å². The summed E-state index contributed by atoms with van der Waals surface area (Å²) >= 11 is 0. The third-order valence-electron chi connectivity index (χ3n) is 13.9. The van der Waals surface area contributed by atoms with E-state index in [1.54, 1.807) is 6.07 Å². The van der Waals surface area contributed by atoms with Crippen molar-refractivity contribution < 1.29 is 9.59 Å². The zero-order chi connectivity index (χ0) is 45.0. The van der Waals surface area contributed by atoms with E-state index in [1.165, 1.54) is 26.4 Å². The number of benzene rings is 10. The molecule has 0 N–H and O–H groups in total. The van der Waals surface area contributed by atoms with Crippen LogP contribution in [0.15, 0.2) is 231 Å². The Labute approximate surface area is 390 Å². The van der Waals surface area contributed by atoms with Crippen molar-refractivity contribution in [2.24, 2.45) is 0 Å². The van der Waals surface area contributed by atoms with Gasteiger partial charge in [-0.15, -0.1) is 0 Å². The number of fused-ring (bicyclic) bond motifs is 10. The molecular formula is C62H38N4O2. The highest BCUT2D eigenvalue weighted by atomic mass is 16.2. The zero-order valence-electron chi connectivity index (χ0n) is 36.5. The molecule has 2 amide bonds. The van der Waals surface area contributed by atoms with Gasteiger partial charge in [-0.2, -0.15) is 0 Å². The molecule has 318 valence electrons. The van der Waals surface area contributed by atoms with Gasteiger partial charge in [0.05, 0.1) is 55.6 Å². The predicted molar refractivity (Wildman–Crippen MR) is 278 cm³/mol. The second-order valence-corrected chi connectivity index (χ2v) is 17.6. The molecule has 0 spiro atoms. The quantitative estimate of drug-likeness (QED) is 0.156. The topological polar surface area (TPSA) is 52.2 Å². The number of imide groups is 1. The third kappa shape index (κ3) is 5.52. The minimum absolute atomic E-state index is 0.353. The molecule has 0 atom stereocenters. The highest BCUT2D eigenvalue weighted by Gasteiger charge is 2.40. The molecule has 0 saturated heterocycles. The molecule has 13 aromatic rings. The average Bonchev–Trinajstić information content (AvgIpc) is 4.10. The first-order valence-corrected chi connectivity index (χ1v) is 22.9. The minimum Gasteiger partial charge on any atom is -0.309 e. The number of aromatic nitrogens is 3. The second kappa shape index (κ2) is 14.6. The van der Waals surface area contributed by atoms with Gasteiger partial charge in [-0.25, -0.2) is 4.90 Å². The maximum Gasteiger partial charge on any atom is 0.268 e. The van der Waals surface area contributed by atoms with Crippen LogP contribution in [0.25, 0.3) is 105 Å². The minimum atomic E-state index is -0.364. The number of carbonyl (C=O) groups is 2. The summed E-state index contributed by atoms with van der Waals surface area (Å²) in [5, 5.41) is 6.78. The molecule has 14 rings (SSSR count). The molecule has 68 heavy (non-hydrogen) atoms. The van der Waals surface area contributed by atoms with E-state index in [4.69, 9.17) is 0 Å². The summed E-state index contributed by atoms with van der Waals surface area (Å²) in [6.45, 7) is 0. The summed E-state index contributed by atoms with van der Waals surface area (Å²) in [6.07, 6.45) is 0. The molecule has 0 saturated carbocycles. The van der Waals surface area contributed by atoms with Crippen LogP contribution in [-0.4, -0.2) is 25.5 Å². The largest absolute Gasteiger partial charge is 0.309 e. The molecule has 1 aliphatic rings. The number of rotatable bonds is 6. The molecule has 0 unspecified atom stereocenters. The first-order valence-electron chi connectivity index (χ1n) is 22.9. The first kappa shape index (κ1) is 38.1. The maximum absolute atomic E-state index is 15.5. The monoisotopic (exact) mass is 870 g/mol. The predicted octanol–water partition coefficient (Wildman–Crippen LogP) is 15.1. The molecule has 1 aliphatic heterocycles. The Hall–Kier alpha value is -9.26. The molecule has 0 aliphatic carbocycles. The van der Waals surface area contributed by atoms with Crippen LogP contribution < -0.4 is 4.90 Å². The number of hydrogen-bond acceptors (Lipinski definition) is 2. The Morgan fingerprint density at radius 3 is 1.13 bits per heavy atom. The first-order chi connectivity index (χ1) is 33.6. The van der Waals surface area contributed by atoms with Crippen LogP contribution in [0.2, 0.25) is 0 Å². The SMILES string of the molecule is O=C1c2cccc(-n3c4cc(-n5c6ccccc6c6ccccc65)ccc4c4ccc(-n5c6ccccc6c6ccccc65)cc43)c2C(=O)N1c1cc(-c2ccccc2)cc(-c2ccccc2)c1. The fourth-order valence-electron chi connectivity index (χ4n) is 11.0. The van der Waals surface area contributed by atoms with Crippen molar-refractivity contribution in [3.63, 3.8) is 0 Å². The van der Waals surface area contributed by atoms with Crippen molar-refractivity contribution in [3.8, 4) is 39.3 Å². The summed E-state index contributed by atoms with van der Waals surface area (Å²) in [5.74, 6) is -0.717. The average molecular weight is 871 g/mol. The van der Waals surface area contributed by atoms with Crippen molar-refractivity contribution in [1.82, 2.24) is 13.7 Å². The van der Waals surface area contributed by atoms with Crippen LogP contribution >= 0.6 is 0 Å². The smallest absolute Gasteiger partial charge is 0.268 e. The van der Waals surface area contributed by atoms with E-state index in [0.717, 1.165) is 77.5 Å². The van der Waals surface area contributed by atoms with Crippen LogP contribution in [0.5, 0.6) is 0 Å². The molecule has 10 aromatic carbocycles. The van der Waals surface area contributed by atoms with E-state index in [2.05, 4.69) is 177 Å². The lowest BCUT2D eigenvalue weighted by molar-refractivity contribution is 0.0926. The summed E-state index contributed by atoms with van der Waals surface area (Å²) in [4.78, 5) is 31.8. The van der Waals surface area contributed by atoms with Gasteiger partial charge in [0.1, 0.15) is 0 Å². The van der Waals surface area contributed by atoms with Crippen molar-refractivity contribution >= 4 is 82.9 Å². The Balaban J connectivity index is 1.02. The number of carbonyl (C=O) groups excluding carboxylic acids is 2. The lowest BCUT2D eigenvalue weighted by Crippen LogP contribution is -2.29. The maximum atomic E-state index is 15.5. The fourth-order valence-corrected chi connectivity index (χ4v) is 11.0. The molecule has 3 aromatic heterocycles. The lowest BCUT2D eigenvalue weighted by atomic mass is 9.97. The highest BCUT2D eigenvalue weighted by molar-refractivity contribution is 6.36. The van der Waals surface area contributed by atoms with Crippen molar-refractivity contribution in [3.05, 3.63) is 242 Å². The molecule has 6 nitrogen and oxygen atoms in total. The van der Waals surface area contributed by atoms with Gasteiger partial charge in [0.2, 0.25) is 0 Å². The van der Waals surface area contributed by atoms with Gasteiger partial charge < -0.3 is 13.7 Å². The van der Waals surface area contributed by atoms with E-state index < -0.39 is 0 Å². The summed E-state index contributed by atoms with van der Waals surface area (Å²) in [5.41, 5.74) is 14.0. The van der Waals surface area contributed by atoms with Crippen molar-refractivity contribution in [2.45, 2.75) is 0 Å². The van der Waals surface area contributed by atoms with Gasteiger partial charge in [-0.1, -0.05) is 152 Å². The Morgan fingerprint density at radius 1 is 0.265 bits per heavy atom. The Bertz CT molecular complexity index is 3920. The molecule has 6 heteroatoms.